The van der Waals surface area contributed by atoms with Gasteiger partial charge < -0.3 is 29.5 Å². The number of hydrogen-bond donors (Lipinski definition) is 2. The first kappa shape index (κ1) is 29.1. The van der Waals surface area contributed by atoms with Gasteiger partial charge in [0.05, 0.1) is 6.04 Å². The number of benzene rings is 2. The molecule has 2 aromatic carbocycles. The predicted molar refractivity (Wildman–Crippen MR) is 139 cm³/mol. The molecule has 0 aliphatic heterocycles. The summed E-state index contributed by atoms with van der Waals surface area (Å²) in [6.45, 7) is 12.6. The van der Waals surface area contributed by atoms with Gasteiger partial charge in [-0.25, -0.2) is 4.79 Å². The average Bonchev–Trinajstić information content (AvgIpc) is 2.82. The van der Waals surface area contributed by atoms with Crippen LogP contribution >= 0.6 is 0 Å². The lowest BCUT2D eigenvalue weighted by Crippen LogP contribution is -2.55. The maximum atomic E-state index is 13.9. The van der Waals surface area contributed by atoms with E-state index in [0.29, 0.717) is 19.0 Å². The zero-order chi connectivity index (χ0) is 26.7. The zero-order valence-corrected chi connectivity index (χ0v) is 22.2. The highest BCUT2D eigenvalue weighted by Crippen LogP contribution is 2.21. The Bertz CT molecular complexity index is 937. The minimum absolute atomic E-state index is 0.187. The predicted octanol–water partition coefficient (Wildman–Crippen LogP) is 4.86. The van der Waals surface area contributed by atoms with E-state index in [9.17, 15) is 14.7 Å². The molecule has 0 heterocycles. The van der Waals surface area contributed by atoms with Crippen LogP contribution < -0.4 is 10.1 Å². The molecule has 2 aromatic rings. The van der Waals surface area contributed by atoms with Crippen LogP contribution in [0.25, 0.3) is 0 Å². The summed E-state index contributed by atoms with van der Waals surface area (Å²) in [5.74, 6) is 0.351. The molecule has 0 saturated carbocycles. The lowest BCUT2D eigenvalue weighted by Gasteiger charge is -2.36. The maximum absolute atomic E-state index is 13.9. The summed E-state index contributed by atoms with van der Waals surface area (Å²) in [4.78, 5) is 27.1. The van der Waals surface area contributed by atoms with Gasteiger partial charge in [-0.05, 0) is 64.8 Å². The van der Waals surface area contributed by atoms with Gasteiger partial charge in [0.15, 0.2) is 6.29 Å². The summed E-state index contributed by atoms with van der Waals surface area (Å²) in [7, 11) is 0. The monoisotopic (exact) mass is 500 g/mol. The minimum atomic E-state index is -1.26. The summed E-state index contributed by atoms with van der Waals surface area (Å²) < 4.78 is 17.4. The molecule has 0 aliphatic carbocycles. The molecule has 0 radical (unpaired) electrons. The number of carboxylic acid groups (broad SMARTS) is 1. The van der Waals surface area contributed by atoms with Crippen molar-refractivity contribution in [3.63, 3.8) is 0 Å². The van der Waals surface area contributed by atoms with E-state index in [2.05, 4.69) is 5.32 Å². The van der Waals surface area contributed by atoms with E-state index in [1.165, 1.54) is 0 Å². The lowest BCUT2D eigenvalue weighted by atomic mass is 10.0. The SMILES string of the molecule is CCOC(OCC)[C@H](C)N(Cc1ccccc1)C(=O)[C@H](Cc1ccc(OC(C)(C)C)cc1)NC(=O)O. The third kappa shape index (κ3) is 9.51. The van der Waals surface area contributed by atoms with E-state index in [1.54, 1.807) is 4.90 Å². The third-order valence-corrected chi connectivity index (χ3v) is 5.41. The van der Waals surface area contributed by atoms with Crippen LogP contribution in [0.1, 0.15) is 52.7 Å². The molecule has 8 heteroatoms. The molecule has 0 unspecified atom stereocenters. The molecular formula is C28H40N2O6. The first-order valence-electron chi connectivity index (χ1n) is 12.4. The topological polar surface area (TPSA) is 97.3 Å². The van der Waals surface area contributed by atoms with Crippen molar-refractivity contribution in [1.29, 1.82) is 0 Å². The van der Waals surface area contributed by atoms with Crippen LogP contribution in [0.4, 0.5) is 4.79 Å². The Kier molecular flexibility index (Phi) is 11.2. The van der Waals surface area contributed by atoms with Crippen molar-refractivity contribution in [3.8, 4) is 5.75 Å². The fourth-order valence-electron chi connectivity index (χ4n) is 3.84. The number of hydrogen-bond acceptors (Lipinski definition) is 5. The fourth-order valence-corrected chi connectivity index (χ4v) is 3.84. The highest BCUT2D eigenvalue weighted by Gasteiger charge is 2.33. The molecule has 2 atom stereocenters. The first-order valence-corrected chi connectivity index (χ1v) is 12.4. The standard InChI is InChI=1S/C28H40N2O6/c1-7-34-26(35-8-2)20(3)30(19-22-12-10-9-11-13-22)25(31)24(29-27(32)33)18-21-14-16-23(17-15-21)36-28(4,5)6/h9-17,20,24,26,29H,7-8,18-19H2,1-6H3,(H,32,33)/t20-,24-/m0/s1. The molecule has 0 aromatic heterocycles. The van der Waals surface area contributed by atoms with Gasteiger partial charge in [0.2, 0.25) is 5.91 Å². The number of ether oxygens (including phenoxy) is 3. The van der Waals surface area contributed by atoms with Crippen molar-refractivity contribution in [2.24, 2.45) is 0 Å². The van der Waals surface area contributed by atoms with Crippen LogP contribution in [-0.2, 0) is 27.2 Å². The molecule has 2 amide bonds. The van der Waals surface area contributed by atoms with Gasteiger partial charge >= 0.3 is 6.09 Å². The van der Waals surface area contributed by atoms with E-state index in [4.69, 9.17) is 14.2 Å². The largest absolute Gasteiger partial charge is 0.488 e. The van der Waals surface area contributed by atoms with E-state index in [1.807, 2.05) is 96.1 Å². The van der Waals surface area contributed by atoms with E-state index in [0.717, 1.165) is 11.1 Å². The average molecular weight is 501 g/mol. The fraction of sp³-hybridized carbons (Fsp3) is 0.500. The molecule has 0 saturated heterocycles. The zero-order valence-electron chi connectivity index (χ0n) is 22.2. The molecule has 2 rings (SSSR count). The highest BCUT2D eigenvalue weighted by molar-refractivity contribution is 5.86. The van der Waals surface area contributed by atoms with Crippen LogP contribution in [-0.4, -0.2) is 59.2 Å². The smallest absolute Gasteiger partial charge is 0.405 e. The Morgan fingerprint density at radius 2 is 1.53 bits per heavy atom. The van der Waals surface area contributed by atoms with Crippen LogP contribution in [0.15, 0.2) is 54.6 Å². The van der Waals surface area contributed by atoms with Gasteiger partial charge in [0.1, 0.15) is 17.4 Å². The Balaban J connectivity index is 2.33. The second-order valence-corrected chi connectivity index (χ2v) is 9.54. The van der Waals surface area contributed by atoms with Crippen molar-refractivity contribution in [2.45, 2.75) is 78.5 Å². The lowest BCUT2D eigenvalue weighted by molar-refractivity contribution is -0.179. The molecule has 0 bridgehead atoms. The van der Waals surface area contributed by atoms with Gasteiger partial charge in [-0.1, -0.05) is 42.5 Å². The molecular weight excluding hydrogens is 460 g/mol. The quantitative estimate of drug-likeness (QED) is 0.381. The highest BCUT2D eigenvalue weighted by atomic mass is 16.7. The number of carbonyl (C=O) groups excluding carboxylic acids is 1. The number of nitrogens with one attached hydrogen (secondary N) is 1. The molecule has 8 nitrogen and oxygen atoms in total. The van der Waals surface area contributed by atoms with Crippen molar-refractivity contribution in [2.75, 3.05) is 13.2 Å². The molecule has 0 fully saturated rings. The Morgan fingerprint density at radius 3 is 2.03 bits per heavy atom. The summed E-state index contributed by atoms with van der Waals surface area (Å²) in [5, 5.41) is 11.9. The van der Waals surface area contributed by atoms with E-state index < -0.39 is 24.5 Å². The van der Waals surface area contributed by atoms with Crippen molar-refractivity contribution in [1.82, 2.24) is 10.2 Å². The maximum Gasteiger partial charge on any atom is 0.405 e. The van der Waals surface area contributed by atoms with Crippen molar-refractivity contribution < 1.29 is 28.9 Å². The van der Waals surface area contributed by atoms with Gasteiger partial charge in [-0.3, -0.25) is 4.79 Å². The number of amides is 2. The number of carbonyl (C=O) groups is 2. The van der Waals surface area contributed by atoms with Gasteiger partial charge in [-0.15, -0.1) is 0 Å². The van der Waals surface area contributed by atoms with Crippen LogP contribution in [0.3, 0.4) is 0 Å². The third-order valence-electron chi connectivity index (χ3n) is 5.41. The van der Waals surface area contributed by atoms with Gasteiger partial charge in [0.25, 0.3) is 0 Å². The van der Waals surface area contributed by atoms with Crippen molar-refractivity contribution >= 4 is 12.0 Å². The molecule has 198 valence electrons. The Hall–Kier alpha value is -3.10. The van der Waals surface area contributed by atoms with Crippen LogP contribution in [0, 0.1) is 0 Å². The molecule has 0 spiro atoms. The molecule has 36 heavy (non-hydrogen) atoms. The molecule has 0 aliphatic rings. The number of nitrogens with zero attached hydrogens (tertiary/aromatic N) is 1. The number of rotatable bonds is 13. The van der Waals surface area contributed by atoms with E-state index >= 15 is 0 Å². The van der Waals surface area contributed by atoms with Crippen molar-refractivity contribution in [3.05, 3.63) is 65.7 Å². The first-order chi connectivity index (χ1) is 17.0. The summed E-state index contributed by atoms with van der Waals surface area (Å²) in [6.07, 6.45) is -1.72. The normalized spacial score (nSPS) is 13.2. The Labute approximate surface area is 214 Å². The van der Waals surface area contributed by atoms with Gasteiger partial charge in [0, 0.05) is 26.2 Å². The van der Waals surface area contributed by atoms with Gasteiger partial charge in [-0.2, -0.15) is 0 Å². The summed E-state index contributed by atoms with van der Waals surface area (Å²) in [6, 6.07) is 15.5. The minimum Gasteiger partial charge on any atom is -0.488 e. The Morgan fingerprint density at radius 1 is 0.944 bits per heavy atom. The summed E-state index contributed by atoms with van der Waals surface area (Å²) >= 11 is 0. The molecule has 2 N–H and O–H groups in total. The second kappa shape index (κ2) is 13.8. The van der Waals surface area contributed by atoms with E-state index in [-0.39, 0.29) is 24.5 Å². The van der Waals surface area contributed by atoms with Crippen LogP contribution in [0.2, 0.25) is 0 Å². The van der Waals surface area contributed by atoms with Crippen LogP contribution in [0.5, 0.6) is 5.75 Å². The summed E-state index contributed by atoms with van der Waals surface area (Å²) in [5.41, 5.74) is 1.39. The second-order valence-electron chi connectivity index (χ2n) is 9.54.